The van der Waals surface area contributed by atoms with Crippen molar-refractivity contribution in [3.05, 3.63) is 0 Å². The quantitative estimate of drug-likeness (QED) is 0.416. The maximum Gasteiger partial charge on any atom is 1.00 e. The van der Waals surface area contributed by atoms with Crippen molar-refractivity contribution in [2.75, 3.05) is 0 Å². The van der Waals surface area contributed by atoms with E-state index in [9.17, 15) is 4.79 Å². The van der Waals surface area contributed by atoms with Crippen LogP contribution in [0.3, 0.4) is 0 Å². The van der Waals surface area contributed by atoms with Gasteiger partial charge in [-0.25, -0.2) is 0 Å². The van der Waals surface area contributed by atoms with E-state index in [1.54, 1.807) is 0 Å². The fraction of sp³-hybridized carbons (Fsp3) is 0.933. The predicted molar refractivity (Wildman–Crippen MR) is 74.4 cm³/mol. The summed E-state index contributed by atoms with van der Waals surface area (Å²) < 4.78 is 0. The Morgan fingerprint density at radius 3 is 1.44 bits per heavy atom. The maximum atomic E-state index is 10.3. The first-order valence-corrected chi connectivity index (χ1v) is 7.49. The van der Waals surface area contributed by atoms with Crippen LogP contribution >= 0.6 is 0 Å². The standard InChI is InChI=1S/C15H30O2.K.H/c1-2-3-4-5-6-7-8-9-10-11-12-13-14-15(16)17;;/h2-14H2,1H3,(H,16,17);;/q;+1;-1. The van der Waals surface area contributed by atoms with Crippen molar-refractivity contribution in [1.82, 2.24) is 0 Å². The number of hydrogen-bond acceptors (Lipinski definition) is 1. The SMILES string of the molecule is CCCCCCCCCCCCCCC(=O)O.[H-].[K+]. The van der Waals surface area contributed by atoms with Crippen LogP contribution in [0.4, 0.5) is 0 Å². The van der Waals surface area contributed by atoms with Crippen molar-refractivity contribution in [2.24, 2.45) is 0 Å². The second-order valence-corrected chi connectivity index (χ2v) is 5.03. The Kier molecular flexibility index (Phi) is 21.5. The second-order valence-electron chi connectivity index (χ2n) is 5.03. The van der Waals surface area contributed by atoms with Gasteiger partial charge in [-0.15, -0.1) is 0 Å². The topological polar surface area (TPSA) is 37.3 Å². The van der Waals surface area contributed by atoms with Gasteiger partial charge in [0.05, 0.1) is 0 Å². The van der Waals surface area contributed by atoms with E-state index in [1.165, 1.54) is 64.2 Å². The Bertz CT molecular complexity index is 178. The summed E-state index contributed by atoms with van der Waals surface area (Å²) in [7, 11) is 0. The molecule has 0 unspecified atom stereocenters. The number of aliphatic carboxylic acids is 1. The molecule has 0 bridgehead atoms. The Labute approximate surface area is 157 Å². The number of unbranched alkanes of at least 4 members (excludes halogenated alkanes) is 11. The minimum absolute atomic E-state index is 0. The van der Waals surface area contributed by atoms with E-state index in [4.69, 9.17) is 5.11 Å². The number of carbonyl (C=O) groups is 1. The molecule has 0 aromatic carbocycles. The molecule has 0 heterocycles. The Balaban J connectivity index is -0.00000128. The van der Waals surface area contributed by atoms with Crippen LogP contribution in [-0.2, 0) is 4.79 Å². The molecule has 0 amide bonds. The zero-order valence-electron chi connectivity index (χ0n) is 13.5. The van der Waals surface area contributed by atoms with E-state index in [1.807, 2.05) is 0 Å². The number of carboxylic acid groups (broad SMARTS) is 1. The zero-order valence-corrected chi connectivity index (χ0v) is 15.7. The average molecular weight is 283 g/mol. The van der Waals surface area contributed by atoms with Gasteiger partial charge in [-0.2, -0.15) is 0 Å². The van der Waals surface area contributed by atoms with Crippen LogP contribution in [0.15, 0.2) is 0 Å². The van der Waals surface area contributed by atoms with E-state index < -0.39 is 5.97 Å². The third-order valence-corrected chi connectivity index (χ3v) is 3.24. The second kappa shape index (κ2) is 18.1. The number of rotatable bonds is 13. The van der Waals surface area contributed by atoms with Gasteiger partial charge < -0.3 is 6.53 Å². The summed E-state index contributed by atoms with van der Waals surface area (Å²) >= 11 is 0. The summed E-state index contributed by atoms with van der Waals surface area (Å²) in [5, 5.41) is 8.47. The first-order chi connectivity index (χ1) is 8.27. The zero-order chi connectivity index (χ0) is 12.8. The summed E-state index contributed by atoms with van der Waals surface area (Å²) in [6.45, 7) is 2.25. The first-order valence-electron chi connectivity index (χ1n) is 7.49. The van der Waals surface area contributed by atoms with E-state index in [2.05, 4.69) is 6.92 Å². The van der Waals surface area contributed by atoms with Gasteiger partial charge in [0.1, 0.15) is 0 Å². The Morgan fingerprint density at radius 2 is 1.11 bits per heavy atom. The van der Waals surface area contributed by atoms with Crippen molar-refractivity contribution in [1.29, 1.82) is 0 Å². The molecule has 104 valence electrons. The predicted octanol–water partition coefficient (Wildman–Crippen LogP) is 2.28. The minimum atomic E-state index is -0.655. The fourth-order valence-corrected chi connectivity index (χ4v) is 2.12. The normalized spacial score (nSPS) is 10.1. The van der Waals surface area contributed by atoms with Crippen LogP contribution in [-0.4, -0.2) is 11.1 Å². The van der Waals surface area contributed by atoms with Gasteiger partial charge in [0.15, 0.2) is 0 Å². The van der Waals surface area contributed by atoms with Crippen LogP contribution in [0.25, 0.3) is 0 Å². The molecule has 0 fully saturated rings. The summed E-state index contributed by atoms with van der Waals surface area (Å²) in [4.78, 5) is 10.3. The number of hydrogen-bond donors (Lipinski definition) is 1. The molecule has 3 heteroatoms. The van der Waals surface area contributed by atoms with Crippen LogP contribution in [0.1, 0.15) is 91.8 Å². The van der Waals surface area contributed by atoms with Gasteiger partial charge >= 0.3 is 57.4 Å². The third kappa shape index (κ3) is 19.4. The van der Waals surface area contributed by atoms with Gasteiger partial charge in [0, 0.05) is 6.42 Å². The van der Waals surface area contributed by atoms with Gasteiger partial charge in [-0.05, 0) is 6.42 Å². The van der Waals surface area contributed by atoms with Crippen molar-refractivity contribution >= 4 is 5.97 Å². The average Bonchev–Trinajstić information content (AvgIpc) is 2.30. The first kappa shape index (κ1) is 21.4. The van der Waals surface area contributed by atoms with Crippen LogP contribution in [0, 0.1) is 0 Å². The van der Waals surface area contributed by atoms with E-state index in [0.29, 0.717) is 6.42 Å². The Hall–Kier alpha value is 1.11. The monoisotopic (exact) mass is 282 g/mol. The van der Waals surface area contributed by atoms with Crippen molar-refractivity contribution in [3.8, 4) is 0 Å². The molecule has 0 aliphatic rings. The molecule has 0 aromatic rings. The molecule has 0 aromatic heterocycles. The van der Waals surface area contributed by atoms with Gasteiger partial charge in [-0.3, -0.25) is 4.79 Å². The molecule has 0 aliphatic carbocycles. The van der Waals surface area contributed by atoms with Gasteiger partial charge in [0.2, 0.25) is 0 Å². The molecule has 0 radical (unpaired) electrons. The molecule has 0 saturated heterocycles. The summed E-state index contributed by atoms with van der Waals surface area (Å²) in [5.74, 6) is -0.655. The molecule has 0 rings (SSSR count). The van der Waals surface area contributed by atoms with Gasteiger partial charge in [-0.1, -0.05) is 77.6 Å². The van der Waals surface area contributed by atoms with Crippen molar-refractivity contribution < 1.29 is 62.7 Å². The van der Waals surface area contributed by atoms with E-state index in [-0.39, 0.29) is 52.8 Å². The summed E-state index contributed by atoms with van der Waals surface area (Å²) in [6, 6.07) is 0. The molecule has 0 saturated carbocycles. The molecule has 0 spiro atoms. The summed E-state index contributed by atoms with van der Waals surface area (Å²) in [6.07, 6.45) is 15.8. The van der Waals surface area contributed by atoms with Crippen LogP contribution < -0.4 is 51.4 Å². The summed E-state index contributed by atoms with van der Waals surface area (Å²) in [5.41, 5.74) is 0. The Morgan fingerprint density at radius 1 is 0.778 bits per heavy atom. The van der Waals surface area contributed by atoms with Crippen molar-refractivity contribution in [3.63, 3.8) is 0 Å². The molecule has 1 N–H and O–H groups in total. The maximum absolute atomic E-state index is 10.3. The van der Waals surface area contributed by atoms with E-state index in [0.717, 1.165) is 12.8 Å². The molecule has 0 atom stereocenters. The minimum Gasteiger partial charge on any atom is -1.00 e. The molecular formula is C15H31KO2. The molecular weight excluding hydrogens is 251 g/mol. The third-order valence-electron chi connectivity index (χ3n) is 3.24. The smallest absolute Gasteiger partial charge is 1.00 e. The van der Waals surface area contributed by atoms with E-state index >= 15 is 0 Å². The molecule has 0 aliphatic heterocycles. The van der Waals surface area contributed by atoms with Crippen LogP contribution in [0.2, 0.25) is 0 Å². The fourth-order valence-electron chi connectivity index (χ4n) is 2.12. The van der Waals surface area contributed by atoms with Gasteiger partial charge in [0.25, 0.3) is 0 Å². The van der Waals surface area contributed by atoms with Crippen LogP contribution in [0.5, 0.6) is 0 Å². The molecule has 2 nitrogen and oxygen atoms in total. The largest absolute Gasteiger partial charge is 1.00 e. The number of carboxylic acids is 1. The molecule has 18 heavy (non-hydrogen) atoms. The van der Waals surface area contributed by atoms with Crippen molar-refractivity contribution in [2.45, 2.75) is 90.4 Å².